The Balaban J connectivity index is 0.000000198. The predicted octanol–water partition coefficient (Wildman–Crippen LogP) is 3.50. The second-order valence-electron chi connectivity index (χ2n) is 8.32. The first kappa shape index (κ1) is 21.0. The van der Waals surface area contributed by atoms with Gasteiger partial charge in [0.05, 0.1) is 17.3 Å². The average molecular weight is 376 g/mol. The maximum absolute atomic E-state index is 11.3. The highest BCUT2D eigenvalue weighted by Gasteiger charge is 2.37. The highest BCUT2D eigenvalue weighted by molar-refractivity contribution is 5.84. The number of nitrogens with two attached hydrogens (primary N) is 2. The number of carbonyl (C=O) groups is 1. The Bertz CT molecular complexity index is 794. The van der Waals surface area contributed by atoms with E-state index >= 15 is 0 Å². The fourth-order valence-electron chi connectivity index (χ4n) is 3.85. The van der Waals surface area contributed by atoms with Gasteiger partial charge in [-0.15, -0.1) is 0 Å². The molecule has 1 aliphatic carbocycles. The van der Waals surface area contributed by atoms with Gasteiger partial charge >= 0.3 is 6.09 Å². The molecule has 3 rings (SSSR count). The van der Waals surface area contributed by atoms with Gasteiger partial charge in [0.15, 0.2) is 0 Å². The molecule has 1 aliphatic rings. The van der Waals surface area contributed by atoms with E-state index in [0.29, 0.717) is 0 Å². The van der Waals surface area contributed by atoms with Crippen LogP contribution in [0.3, 0.4) is 0 Å². The van der Waals surface area contributed by atoms with Gasteiger partial charge in [-0.25, -0.2) is 4.79 Å². The van der Waals surface area contributed by atoms with Crippen LogP contribution in [0.1, 0.15) is 52.1 Å². The first-order valence-corrected chi connectivity index (χ1v) is 9.49. The van der Waals surface area contributed by atoms with Crippen molar-refractivity contribution in [3.63, 3.8) is 0 Å². The highest BCUT2D eigenvalue weighted by Crippen LogP contribution is 2.27. The van der Waals surface area contributed by atoms with Crippen molar-refractivity contribution in [1.82, 2.24) is 14.7 Å². The maximum atomic E-state index is 11.3. The zero-order valence-corrected chi connectivity index (χ0v) is 17.1. The molecule has 7 heteroatoms. The molecule has 1 saturated carbocycles. The molecule has 0 unspecified atom stereocenters. The van der Waals surface area contributed by atoms with Crippen LogP contribution in [0, 0.1) is 6.92 Å². The molecule has 1 heterocycles. The summed E-state index contributed by atoms with van der Waals surface area (Å²) in [5, 5.41) is 14.7. The Morgan fingerprint density at radius 3 is 2.48 bits per heavy atom. The van der Waals surface area contributed by atoms with Gasteiger partial charge in [-0.2, -0.15) is 5.10 Å². The van der Waals surface area contributed by atoms with Gasteiger partial charge < -0.3 is 16.6 Å². The van der Waals surface area contributed by atoms with Crippen molar-refractivity contribution < 1.29 is 9.90 Å². The Morgan fingerprint density at radius 2 is 1.93 bits per heavy atom. The van der Waals surface area contributed by atoms with Crippen LogP contribution in [0.2, 0.25) is 0 Å². The monoisotopic (exact) mass is 375 g/mol. The summed E-state index contributed by atoms with van der Waals surface area (Å²) in [6.07, 6.45) is 3.17. The van der Waals surface area contributed by atoms with Crippen LogP contribution < -0.4 is 11.5 Å². The molecule has 2 aromatic rings. The number of nitrogens with zero attached hydrogens (tertiary/aromatic N) is 3. The predicted molar refractivity (Wildman–Crippen MR) is 110 cm³/mol. The van der Waals surface area contributed by atoms with E-state index in [1.54, 1.807) is 0 Å². The molecule has 0 radical (unpaired) electrons. The zero-order valence-electron chi connectivity index (χ0n) is 17.1. The molecule has 27 heavy (non-hydrogen) atoms. The first-order valence-electron chi connectivity index (χ1n) is 9.49. The van der Waals surface area contributed by atoms with Gasteiger partial charge in [0, 0.05) is 29.7 Å². The normalized spacial score (nSPS) is 20.1. The van der Waals surface area contributed by atoms with Crippen molar-refractivity contribution in [3.05, 3.63) is 23.9 Å². The number of aryl methyl sites for hydroxylation is 2. The van der Waals surface area contributed by atoms with Crippen LogP contribution in [0.5, 0.6) is 0 Å². The molecule has 0 saturated heterocycles. The van der Waals surface area contributed by atoms with Gasteiger partial charge in [0.1, 0.15) is 0 Å². The second kappa shape index (κ2) is 8.17. The molecule has 1 aromatic carbocycles. The number of fused-ring (bicyclic) bond motifs is 1. The summed E-state index contributed by atoms with van der Waals surface area (Å²) in [6, 6.07) is 5.82. The van der Waals surface area contributed by atoms with E-state index in [4.69, 9.17) is 11.5 Å². The van der Waals surface area contributed by atoms with E-state index in [2.05, 4.69) is 5.10 Å². The topological polar surface area (TPSA) is 110 Å². The maximum Gasteiger partial charge on any atom is 0.408 e. The highest BCUT2D eigenvalue weighted by atomic mass is 16.4. The van der Waals surface area contributed by atoms with E-state index < -0.39 is 6.09 Å². The molecule has 7 nitrogen and oxygen atoms in total. The van der Waals surface area contributed by atoms with Crippen molar-refractivity contribution in [2.75, 3.05) is 5.73 Å². The van der Waals surface area contributed by atoms with Gasteiger partial charge in [-0.3, -0.25) is 9.58 Å². The lowest BCUT2D eigenvalue weighted by Crippen LogP contribution is -2.58. The van der Waals surface area contributed by atoms with Crippen molar-refractivity contribution in [2.45, 2.75) is 71.0 Å². The van der Waals surface area contributed by atoms with Crippen LogP contribution in [-0.4, -0.2) is 43.5 Å². The molecule has 0 spiro atoms. The summed E-state index contributed by atoms with van der Waals surface area (Å²) in [7, 11) is 1.94. The Morgan fingerprint density at radius 1 is 1.30 bits per heavy atom. The van der Waals surface area contributed by atoms with E-state index in [9.17, 15) is 9.90 Å². The third kappa shape index (κ3) is 4.91. The number of carboxylic acid groups (broad SMARTS) is 1. The third-order valence-electron chi connectivity index (χ3n) is 5.10. The third-order valence-corrected chi connectivity index (χ3v) is 5.10. The van der Waals surface area contributed by atoms with Crippen LogP contribution in [-0.2, 0) is 7.05 Å². The lowest BCUT2D eigenvalue weighted by molar-refractivity contribution is 0.0491. The first-order chi connectivity index (χ1) is 12.5. The van der Waals surface area contributed by atoms with Crippen molar-refractivity contribution in [3.8, 4) is 0 Å². The fourth-order valence-corrected chi connectivity index (χ4v) is 3.85. The molecule has 150 valence electrons. The zero-order chi connectivity index (χ0) is 20.4. The van der Waals surface area contributed by atoms with Crippen LogP contribution in [0.4, 0.5) is 10.5 Å². The summed E-state index contributed by atoms with van der Waals surface area (Å²) in [5.74, 6) is 0. The average Bonchev–Trinajstić information content (AvgIpc) is 2.82. The van der Waals surface area contributed by atoms with Gasteiger partial charge in [0.25, 0.3) is 0 Å². The van der Waals surface area contributed by atoms with E-state index in [0.717, 1.165) is 48.0 Å². The van der Waals surface area contributed by atoms with Crippen molar-refractivity contribution >= 4 is 22.7 Å². The number of nitrogen functional groups attached to an aromatic ring is 1. The number of rotatable bonds is 1. The van der Waals surface area contributed by atoms with E-state index in [1.807, 2.05) is 57.6 Å². The van der Waals surface area contributed by atoms with Crippen LogP contribution in [0.15, 0.2) is 18.2 Å². The molecule has 1 fully saturated rings. The number of amides is 1. The van der Waals surface area contributed by atoms with Crippen LogP contribution >= 0.6 is 0 Å². The Hall–Kier alpha value is -2.28. The molecular formula is C20H33N5O2. The quantitative estimate of drug-likeness (QED) is 0.661. The number of hydrogen-bond acceptors (Lipinski definition) is 4. The Kier molecular flexibility index (Phi) is 6.36. The Labute approximate surface area is 161 Å². The number of aromatic nitrogens is 2. The standard InChI is InChI=1S/C11H22N2O2.C9H11N3/c1-11(2,3)13(10(14)15)9-7-5-4-6-8(9)12;1-6-8-5-7(10)3-4-9(8)12(2)11-6/h8-9H,4-7,12H2,1-3H3,(H,14,15);3-5H,10H2,1-2H3/t8-,9+;/m1./s1. The van der Waals surface area contributed by atoms with Crippen LogP contribution in [0.25, 0.3) is 10.9 Å². The molecule has 0 aliphatic heterocycles. The molecular weight excluding hydrogens is 342 g/mol. The largest absolute Gasteiger partial charge is 0.465 e. The SMILES string of the molecule is CC(C)(C)N(C(=O)O)[C@H]1CCCC[C@H]1N.Cc1nn(C)c2ccc(N)cc12. The number of anilines is 1. The van der Waals surface area contributed by atoms with Gasteiger partial charge in [-0.05, 0) is 58.7 Å². The molecule has 5 N–H and O–H groups in total. The summed E-state index contributed by atoms with van der Waals surface area (Å²) in [6.45, 7) is 7.75. The lowest BCUT2D eigenvalue weighted by Gasteiger charge is -2.44. The summed E-state index contributed by atoms with van der Waals surface area (Å²) >= 11 is 0. The molecule has 1 amide bonds. The van der Waals surface area contributed by atoms with Gasteiger partial charge in [-0.1, -0.05) is 12.8 Å². The second-order valence-corrected chi connectivity index (χ2v) is 8.32. The minimum absolute atomic E-state index is 0.00549. The number of hydrogen-bond donors (Lipinski definition) is 3. The van der Waals surface area contributed by atoms with Crippen molar-refractivity contribution in [2.24, 2.45) is 12.8 Å². The minimum Gasteiger partial charge on any atom is -0.465 e. The minimum atomic E-state index is -0.857. The summed E-state index contributed by atoms with van der Waals surface area (Å²) < 4.78 is 1.87. The summed E-state index contributed by atoms with van der Waals surface area (Å²) in [4.78, 5) is 12.8. The van der Waals surface area contributed by atoms with Gasteiger partial charge in [0.2, 0.25) is 0 Å². The van der Waals surface area contributed by atoms with Crippen molar-refractivity contribution in [1.29, 1.82) is 0 Å². The smallest absolute Gasteiger partial charge is 0.408 e. The number of benzene rings is 1. The molecule has 0 bridgehead atoms. The fraction of sp³-hybridized carbons (Fsp3) is 0.600. The molecule has 1 aromatic heterocycles. The molecule has 2 atom stereocenters. The summed E-state index contributed by atoms with van der Waals surface area (Å²) in [5.41, 5.74) is 14.2. The van der Waals surface area contributed by atoms with E-state index in [1.165, 1.54) is 4.90 Å². The lowest BCUT2D eigenvalue weighted by atomic mass is 9.87. The van der Waals surface area contributed by atoms with E-state index in [-0.39, 0.29) is 17.6 Å².